The number of ether oxygens (including phenoxy) is 1. The van der Waals surface area contributed by atoms with Gasteiger partial charge in [-0.3, -0.25) is 9.69 Å². The largest absolute Gasteiger partial charge is 0.379 e. The average molecular weight is 277 g/mol. The third kappa shape index (κ3) is 4.11. The molecule has 1 N–H and O–H groups in total. The van der Waals surface area contributed by atoms with E-state index in [9.17, 15) is 4.79 Å². The lowest BCUT2D eigenvalue weighted by Crippen LogP contribution is -2.56. The van der Waals surface area contributed by atoms with Gasteiger partial charge in [-0.2, -0.15) is 0 Å². The van der Waals surface area contributed by atoms with Crippen molar-refractivity contribution in [2.24, 2.45) is 5.41 Å². The van der Waals surface area contributed by atoms with Crippen LogP contribution in [0.3, 0.4) is 0 Å². The maximum Gasteiger partial charge on any atom is 0.226 e. The van der Waals surface area contributed by atoms with E-state index in [1.165, 1.54) is 0 Å². The zero-order valence-electron chi connectivity index (χ0n) is 11.9. The van der Waals surface area contributed by atoms with Crippen molar-refractivity contribution in [1.29, 1.82) is 0 Å². The number of morpholine rings is 1. The first kappa shape index (κ1) is 15.7. The predicted molar refractivity (Wildman–Crippen MR) is 74.0 cm³/mol. The summed E-state index contributed by atoms with van der Waals surface area (Å²) >= 11 is 5.80. The van der Waals surface area contributed by atoms with Crippen LogP contribution in [0.4, 0.5) is 0 Å². The van der Waals surface area contributed by atoms with Gasteiger partial charge in [0.2, 0.25) is 5.91 Å². The molecule has 1 fully saturated rings. The Morgan fingerprint density at radius 1 is 1.28 bits per heavy atom. The number of nitrogens with zero attached hydrogens (tertiary/aromatic N) is 1. The van der Waals surface area contributed by atoms with E-state index in [0.717, 1.165) is 26.3 Å². The highest BCUT2D eigenvalue weighted by atomic mass is 35.5. The maximum absolute atomic E-state index is 12.0. The Labute approximate surface area is 115 Å². The molecule has 0 radical (unpaired) electrons. The molecular weight excluding hydrogens is 252 g/mol. The highest BCUT2D eigenvalue weighted by molar-refractivity contribution is 6.19. The molecule has 5 heteroatoms. The molecule has 0 aliphatic carbocycles. The summed E-state index contributed by atoms with van der Waals surface area (Å²) in [5.74, 6) is 0.343. The summed E-state index contributed by atoms with van der Waals surface area (Å²) in [4.78, 5) is 14.3. The van der Waals surface area contributed by atoms with Gasteiger partial charge < -0.3 is 10.1 Å². The molecular formula is C13H25ClN2O2. The van der Waals surface area contributed by atoms with Gasteiger partial charge in [0.05, 0.1) is 18.6 Å². The van der Waals surface area contributed by atoms with E-state index >= 15 is 0 Å². The highest BCUT2D eigenvalue weighted by Crippen LogP contribution is 2.19. The summed E-state index contributed by atoms with van der Waals surface area (Å²) < 4.78 is 5.35. The van der Waals surface area contributed by atoms with Crippen molar-refractivity contribution in [3.05, 3.63) is 0 Å². The van der Waals surface area contributed by atoms with Crippen LogP contribution in [-0.4, -0.2) is 55.1 Å². The smallest absolute Gasteiger partial charge is 0.226 e. The minimum atomic E-state index is -0.511. The van der Waals surface area contributed by atoms with Crippen LogP contribution in [0.15, 0.2) is 0 Å². The number of carbonyl (C=O) groups is 1. The van der Waals surface area contributed by atoms with Gasteiger partial charge in [-0.15, -0.1) is 11.6 Å². The second kappa shape index (κ2) is 6.22. The Hall–Kier alpha value is -0.320. The first-order chi connectivity index (χ1) is 8.29. The van der Waals surface area contributed by atoms with Crippen molar-refractivity contribution in [1.82, 2.24) is 10.2 Å². The highest BCUT2D eigenvalue weighted by Gasteiger charge is 2.31. The summed E-state index contributed by atoms with van der Waals surface area (Å²) in [6.07, 6.45) is 0. The van der Waals surface area contributed by atoms with E-state index in [-0.39, 0.29) is 11.4 Å². The predicted octanol–water partition coefficient (Wildman–Crippen LogP) is 1.48. The van der Waals surface area contributed by atoms with Gasteiger partial charge in [-0.05, 0) is 27.7 Å². The minimum absolute atomic E-state index is 0.0128. The molecule has 0 bridgehead atoms. The van der Waals surface area contributed by atoms with Crippen molar-refractivity contribution in [2.45, 2.75) is 33.2 Å². The third-order valence-corrected chi connectivity index (χ3v) is 4.17. The number of hydrogen-bond acceptors (Lipinski definition) is 3. The maximum atomic E-state index is 12.0. The third-order valence-electron chi connectivity index (χ3n) is 3.50. The summed E-state index contributed by atoms with van der Waals surface area (Å²) in [7, 11) is 0. The van der Waals surface area contributed by atoms with Gasteiger partial charge in [0.15, 0.2) is 0 Å². The Morgan fingerprint density at radius 3 is 2.33 bits per heavy atom. The number of halogens is 1. The Kier molecular flexibility index (Phi) is 5.44. The van der Waals surface area contributed by atoms with Gasteiger partial charge in [0, 0.05) is 31.1 Å². The summed E-state index contributed by atoms with van der Waals surface area (Å²) in [5, 5.41) is 3.01. The van der Waals surface area contributed by atoms with Gasteiger partial charge in [0.1, 0.15) is 0 Å². The zero-order valence-corrected chi connectivity index (χ0v) is 12.6. The number of rotatable bonds is 5. The fourth-order valence-electron chi connectivity index (χ4n) is 1.88. The number of carbonyl (C=O) groups excluding carboxylic acids is 1. The molecule has 0 aromatic rings. The Morgan fingerprint density at radius 2 is 1.83 bits per heavy atom. The molecule has 0 aromatic carbocycles. The van der Waals surface area contributed by atoms with Crippen molar-refractivity contribution in [3.8, 4) is 0 Å². The Bertz CT molecular complexity index is 287. The molecule has 1 amide bonds. The molecule has 0 spiro atoms. The minimum Gasteiger partial charge on any atom is -0.379 e. The van der Waals surface area contributed by atoms with Crippen LogP contribution in [0, 0.1) is 5.41 Å². The average Bonchev–Trinajstić information content (AvgIpc) is 2.37. The first-order valence-corrected chi connectivity index (χ1v) is 7.00. The molecule has 106 valence electrons. The van der Waals surface area contributed by atoms with Crippen molar-refractivity contribution in [3.63, 3.8) is 0 Å². The monoisotopic (exact) mass is 276 g/mol. The van der Waals surface area contributed by atoms with E-state index in [1.807, 2.05) is 13.8 Å². The van der Waals surface area contributed by atoms with E-state index in [0.29, 0.717) is 12.4 Å². The van der Waals surface area contributed by atoms with Gasteiger partial charge in [-0.25, -0.2) is 0 Å². The summed E-state index contributed by atoms with van der Waals surface area (Å²) in [6, 6.07) is 0. The summed E-state index contributed by atoms with van der Waals surface area (Å²) in [6.45, 7) is 12.0. The molecule has 0 aromatic heterocycles. The fourth-order valence-corrected chi connectivity index (χ4v) is 2.00. The van der Waals surface area contributed by atoms with Crippen molar-refractivity contribution in [2.75, 3.05) is 38.7 Å². The number of alkyl halides is 1. The fraction of sp³-hybridized carbons (Fsp3) is 0.923. The van der Waals surface area contributed by atoms with E-state index in [2.05, 4.69) is 24.1 Å². The van der Waals surface area contributed by atoms with Crippen molar-refractivity contribution >= 4 is 17.5 Å². The number of amides is 1. The van der Waals surface area contributed by atoms with Gasteiger partial charge >= 0.3 is 0 Å². The lowest BCUT2D eigenvalue weighted by Gasteiger charge is -2.41. The second-order valence-corrected chi connectivity index (χ2v) is 6.38. The molecule has 1 aliphatic heterocycles. The normalized spacial score (nSPS) is 18.7. The molecule has 1 aliphatic rings. The summed E-state index contributed by atoms with van der Waals surface area (Å²) in [5.41, 5.74) is -0.565. The zero-order chi connectivity index (χ0) is 13.8. The van der Waals surface area contributed by atoms with E-state index in [1.54, 1.807) is 0 Å². The SMILES string of the molecule is CC(C)(CCl)C(=O)NCC(C)(C)N1CCOCC1. The second-order valence-electron chi connectivity index (χ2n) is 6.11. The lowest BCUT2D eigenvalue weighted by atomic mass is 9.94. The molecule has 0 unspecified atom stereocenters. The van der Waals surface area contributed by atoms with Crippen molar-refractivity contribution < 1.29 is 9.53 Å². The van der Waals surface area contributed by atoms with Gasteiger partial charge in [0.25, 0.3) is 0 Å². The number of nitrogens with one attached hydrogen (secondary N) is 1. The Balaban J connectivity index is 2.48. The van der Waals surface area contributed by atoms with Crippen LogP contribution >= 0.6 is 11.6 Å². The molecule has 18 heavy (non-hydrogen) atoms. The van der Waals surface area contributed by atoms with E-state index < -0.39 is 5.41 Å². The van der Waals surface area contributed by atoms with Gasteiger partial charge in [-0.1, -0.05) is 0 Å². The van der Waals surface area contributed by atoms with Crippen LogP contribution in [-0.2, 0) is 9.53 Å². The molecule has 1 rings (SSSR count). The standard InChI is InChI=1S/C13H25ClN2O2/c1-12(2,9-14)11(17)15-10-13(3,4)16-5-7-18-8-6-16/h5-10H2,1-4H3,(H,15,17). The molecule has 1 saturated heterocycles. The lowest BCUT2D eigenvalue weighted by molar-refractivity contribution is -0.129. The first-order valence-electron chi connectivity index (χ1n) is 6.47. The van der Waals surface area contributed by atoms with E-state index in [4.69, 9.17) is 16.3 Å². The molecule has 4 nitrogen and oxygen atoms in total. The number of hydrogen-bond donors (Lipinski definition) is 1. The van der Waals surface area contributed by atoms with Crippen LogP contribution in [0.5, 0.6) is 0 Å². The van der Waals surface area contributed by atoms with Crippen LogP contribution in [0.25, 0.3) is 0 Å². The quantitative estimate of drug-likeness (QED) is 0.774. The molecule has 0 saturated carbocycles. The van der Waals surface area contributed by atoms with Crippen LogP contribution in [0.2, 0.25) is 0 Å². The molecule has 1 heterocycles. The topological polar surface area (TPSA) is 41.6 Å². The van der Waals surface area contributed by atoms with Crippen LogP contribution in [0.1, 0.15) is 27.7 Å². The molecule has 0 atom stereocenters. The van der Waals surface area contributed by atoms with Crippen LogP contribution < -0.4 is 5.32 Å².